The highest BCUT2D eigenvalue weighted by Crippen LogP contribution is 2.17. The molecular formula is C29H34N2O2. The zero-order chi connectivity index (χ0) is 23.6. The topological polar surface area (TPSA) is 49.4 Å². The SMILES string of the molecule is CCCNC(=O)[C@H](Cc1ccccc1)N(Cc1ccc(C)cc1)C(=O)Cc1cccc(C)c1. The molecule has 0 fully saturated rings. The number of hydrogen-bond donors (Lipinski definition) is 1. The summed E-state index contributed by atoms with van der Waals surface area (Å²) >= 11 is 0. The van der Waals surface area contributed by atoms with Crippen LogP contribution in [0.3, 0.4) is 0 Å². The van der Waals surface area contributed by atoms with Crippen molar-refractivity contribution in [1.82, 2.24) is 10.2 Å². The van der Waals surface area contributed by atoms with Gasteiger partial charge in [0.25, 0.3) is 0 Å². The maximum absolute atomic E-state index is 13.7. The highest BCUT2D eigenvalue weighted by atomic mass is 16.2. The van der Waals surface area contributed by atoms with Gasteiger partial charge in [0.05, 0.1) is 6.42 Å². The zero-order valence-corrected chi connectivity index (χ0v) is 19.9. The van der Waals surface area contributed by atoms with Gasteiger partial charge in [-0.3, -0.25) is 9.59 Å². The fourth-order valence-electron chi connectivity index (χ4n) is 3.91. The summed E-state index contributed by atoms with van der Waals surface area (Å²) in [6.07, 6.45) is 1.58. The highest BCUT2D eigenvalue weighted by Gasteiger charge is 2.30. The van der Waals surface area contributed by atoms with E-state index in [2.05, 4.69) is 5.32 Å². The van der Waals surface area contributed by atoms with E-state index in [-0.39, 0.29) is 18.2 Å². The van der Waals surface area contributed by atoms with E-state index in [1.807, 2.05) is 99.6 Å². The number of benzene rings is 3. The second-order valence-corrected chi connectivity index (χ2v) is 8.67. The molecule has 0 radical (unpaired) electrons. The van der Waals surface area contributed by atoms with Crippen LogP contribution in [0.15, 0.2) is 78.9 Å². The minimum atomic E-state index is -0.586. The Labute approximate surface area is 197 Å². The van der Waals surface area contributed by atoms with Crippen LogP contribution in [0.25, 0.3) is 0 Å². The molecule has 0 spiro atoms. The maximum atomic E-state index is 13.7. The second kappa shape index (κ2) is 12.0. The predicted octanol–water partition coefficient (Wildman–Crippen LogP) is 5.01. The van der Waals surface area contributed by atoms with Crippen LogP contribution in [-0.2, 0) is 29.0 Å². The highest BCUT2D eigenvalue weighted by molar-refractivity contribution is 5.88. The minimum absolute atomic E-state index is 0.0474. The predicted molar refractivity (Wildman–Crippen MR) is 134 cm³/mol. The monoisotopic (exact) mass is 442 g/mol. The standard InChI is InChI=1S/C29H34N2O2/c1-4-17-30-29(33)27(19-24-10-6-5-7-11-24)31(21-25-15-13-22(2)14-16-25)28(32)20-26-12-8-9-23(3)18-26/h5-16,18,27H,4,17,19-21H2,1-3H3,(H,30,33)/t27-/m0/s1. The number of amides is 2. The molecule has 0 unspecified atom stereocenters. The van der Waals surface area contributed by atoms with Crippen molar-refractivity contribution in [2.24, 2.45) is 0 Å². The smallest absolute Gasteiger partial charge is 0.243 e. The Bertz CT molecular complexity index is 1040. The van der Waals surface area contributed by atoms with Crippen molar-refractivity contribution >= 4 is 11.8 Å². The Morgan fingerprint density at radius 1 is 0.818 bits per heavy atom. The van der Waals surface area contributed by atoms with Crippen molar-refractivity contribution in [3.05, 3.63) is 107 Å². The van der Waals surface area contributed by atoms with Gasteiger partial charge in [0.2, 0.25) is 11.8 Å². The number of nitrogens with zero attached hydrogens (tertiary/aromatic N) is 1. The van der Waals surface area contributed by atoms with Crippen LogP contribution in [0.5, 0.6) is 0 Å². The van der Waals surface area contributed by atoms with E-state index in [0.717, 1.165) is 34.2 Å². The molecule has 0 aliphatic rings. The summed E-state index contributed by atoms with van der Waals surface area (Å²) in [4.78, 5) is 28.7. The van der Waals surface area contributed by atoms with Gasteiger partial charge in [-0.15, -0.1) is 0 Å². The van der Waals surface area contributed by atoms with Gasteiger partial charge in [0, 0.05) is 19.5 Å². The van der Waals surface area contributed by atoms with Crippen LogP contribution in [-0.4, -0.2) is 29.3 Å². The normalized spacial score (nSPS) is 11.6. The lowest BCUT2D eigenvalue weighted by Gasteiger charge is -2.32. The van der Waals surface area contributed by atoms with E-state index >= 15 is 0 Å². The summed E-state index contributed by atoms with van der Waals surface area (Å²) in [5, 5.41) is 3.02. The molecule has 0 aromatic heterocycles. The van der Waals surface area contributed by atoms with Crippen LogP contribution < -0.4 is 5.32 Å². The first-order valence-corrected chi connectivity index (χ1v) is 11.7. The first-order valence-electron chi connectivity index (χ1n) is 11.7. The molecule has 33 heavy (non-hydrogen) atoms. The zero-order valence-electron chi connectivity index (χ0n) is 19.9. The molecule has 1 atom stereocenters. The van der Waals surface area contributed by atoms with Gasteiger partial charge in [-0.2, -0.15) is 0 Å². The summed E-state index contributed by atoms with van der Waals surface area (Å²) in [5.41, 5.74) is 5.29. The summed E-state index contributed by atoms with van der Waals surface area (Å²) in [5.74, 6) is -0.154. The lowest BCUT2D eigenvalue weighted by Crippen LogP contribution is -2.51. The number of aryl methyl sites for hydroxylation is 2. The lowest BCUT2D eigenvalue weighted by molar-refractivity contribution is -0.140. The molecule has 4 heteroatoms. The van der Waals surface area contributed by atoms with E-state index in [9.17, 15) is 9.59 Å². The van der Waals surface area contributed by atoms with Crippen LogP contribution in [0.4, 0.5) is 0 Å². The molecule has 1 N–H and O–H groups in total. The summed E-state index contributed by atoms with van der Waals surface area (Å²) in [7, 11) is 0. The molecule has 3 aromatic rings. The molecular weight excluding hydrogens is 408 g/mol. The third-order valence-electron chi connectivity index (χ3n) is 5.73. The van der Waals surface area contributed by atoms with Gasteiger partial charge in [-0.05, 0) is 37.0 Å². The average molecular weight is 443 g/mol. The molecule has 0 saturated carbocycles. The number of rotatable bonds is 10. The first kappa shape index (κ1) is 24.2. The van der Waals surface area contributed by atoms with E-state index in [0.29, 0.717) is 19.5 Å². The molecule has 0 heterocycles. The largest absolute Gasteiger partial charge is 0.354 e. The molecule has 172 valence electrons. The molecule has 0 saturated heterocycles. The van der Waals surface area contributed by atoms with Gasteiger partial charge in [-0.1, -0.05) is 96.9 Å². The Morgan fingerprint density at radius 3 is 2.18 bits per heavy atom. The van der Waals surface area contributed by atoms with E-state index in [1.165, 1.54) is 0 Å². The fourth-order valence-corrected chi connectivity index (χ4v) is 3.91. The Morgan fingerprint density at radius 2 is 1.52 bits per heavy atom. The summed E-state index contributed by atoms with van der Waals surface area (Å²) in [6, 6.07) is 25.5. The van der Waals surface area contributed by atoms with Crippen molar-refractivity contribution in [1.29, 1.82) is 0 Å². The summed E-state index contributed by atoms with van der Waals surface area (Å²) in [6.45, 7) is 7.07. The van der Waals surface area contributed by atoms with Crippen molar-refractivity contribution in [3.63, 3.8) is 0 Å². The first-order chi connectivity index (χ1) is 16.0. The molecule has 0 bridgehead atoms. The fraction of sp³-hybridized carbons (Fsp3) is 0.310. The van der Waals surface area contributed by atoms with Crippen molar-refractivity contribution < 1.29 is 9.59 Å². The Hall–Kier alpha value is -3.40. The van der Waals surface area contributed by atoms with E-state index < -0.39 is 6.04 Å². The Balaban J connectivity index is 1.94. The van der Waals surface area contributed by atoms with Crippen LogP contribution in [0.2, 0.25) is 0 Å². The lowest BCUT2D eigenvalue weighted by atomic mass is 10.0. The average Bonchev–Trinajstić information content (AvgIpc) is 2.81. The molecule has 2 amide bonds. The number of hydrogen-bond acceptors (Lipinski definition) is 2. The molecule has 4 nitrogen and oxygen atoms in total. The van der Waals surface area contributed by atoms with Crippen molar-refractivity contribution in [2.75, 3.05) is 6.54 Å². The summed E-state index contributed by atoms with van der Waals surface area (Å²) < 4.78 is 0. The van der Waals surface area contributed by atoms with E-state index in [1.54, 1.807) is 4.90 Å². The third kappa shape index (κ3) is 7.31. The maximum Gasteiger partial charge on any atom is 0.243 e. The third-order valence-corrected chi connectivity index (χ3v) is 5.73. The van der Waals surface area contributed by atoms with Crippen LogP contribution >= 0.6 is 0 Å². The number of carbonyl (C=O) groups excluding carboxylic acids is 2. The minimum Gasteiger partial charge on any atom is -0.354 e. The molecule has 0 aliphatic carbocycles. The molecule has 0 aliphatic heterocycles. The number of carbonyl (C=O) groups is 2. The molecule has 3 rings (SSSR count). The van der Waals surface area contributed by atoms with Gasteiger partial charge >= 0.3 is 0 Å². The van der Waals surface area contributed by atoms with Gasteiger partial charge in [0.1, 0.15) is 6.04 Å². The van der Waals surface area contributed by atoms with Gasteiger partial charge in [0.15, 0.2) is 0 Å². The molecule has 3 aromatic carbocycles. The van der Waals surface area contributed by atoms with Crippen LogP contribution in [0, 0.1) is 13.8 Å². The second-order valence-electron chi connectivity index (χ2n) is 8.67. The van der Waals surface area contributed by atoms with Gasteiger partial charge < -0.3 is 10.2 Å². The van der Waals surface area contributed by atoms with Crippen molar-refractivity contribution in [2.45, 2.75) is 52.6 Å². The quantitative estimate of drug-likeness (QED) is 0.480. The number of nitrogens with one attached hydrogen (secondary N) is 1. The van der Waals surface area contributed by atoms with Crippen molar-refractivity contribution in [3.8, 4) is 0 Å². The van der Waals surface area contributed by atoms with E-state index in [4.69, 9.17) is 0 Å². The van der Waals surface area contributed by atoms with Gasteiger partial charge in [-0.25, -0.2) is 0 Å². The van der Waals surface area contributed by atoms with Crippen LogP contribution in [0.1, 0.15) is 41.2 Å². The Kier molecular flexibility index (Phi) is 8.82.